The van der Waals surface area contributed by atoms with Gasteiger partial charge in [-0.15, -0.1) is 0 Å². The molecule has 0 radical (unpaired) electrons. The molecule has 300 valence electrons. The third-order valence-corrected chi connectivity index (χ3v) is 16.4. The Balaban J connectivity index is 1.44. The Bertz CT molecular complexity index is 1500. The molecule has 0 saturated heterocycles. The number of nitrogens with zero attached hydrogens (tertiary/aromatic N) is 1. The third-order valence-electron chi connectivity index (χ3n) is 16.4. The Kier molecular flexibility index (Phi) is 11.3. The van der Waals surface area contributed by atoms with E-state index in [1.807, 2.05) is 0 Å². The number of ketones is 1. The number of carboxylic acid groups (broad SMARTS) is 1. The van der Waals surface area contributed by atoms with Gasteiger partial charge >= 0.3 is 11.9 Å². The molecular formula is C44H72N2O7. The predicted molar refractivity (Wildman–Crippen MR) is 207 cm³/mol. The number of carbonyl (C=O) groups is 4. The number of esters is 1. The van der Waals surface area contributed by atoms with Gasteiger partial charge in [-0.25, -0.2) is 0 Å². The number of aliphatic hydroxyl groups excluding tert-OH is 1. The first-order valence-corrected chi connectivity index (χ1v) is 20.8. The van der Waals surface area contributed by atoms with Crippen molar-refractivity contribution < 1.29 is 34.1 Å². The van der Waals surface area contributed by atoms with E-state index in [1.165, 1.54) is 12.5 Å². The standard InChI is InChI=1S/C44H72N2O7/c1-26(2)36-30(48)23-44(33(49)25-46(27(3)4)22-21-45-28(5)47)20-19-42(11)29(37(36)44)13-14-32-41(10)17-16-34(53-35(50)24-39(6,7)38(51)52)40(8,9)31(41)15-18-43(32,42)12/h26-27,29,31-34,49H,13-25H2,1-12H3,(H,45,47)(H,51,52)/t29-,31+,32-,33+,34+,41+,42-,43-,44+/m1/s1. The van der Waals surface area contributed by atoms with Crippen molar-refractivity contribution in [3.8, 4) is 0 Å². The van der Waals surface area contributed by atoms with E-state index in [-0.39, 0.29) is 63.8 Å². The van der Waals surface area contributed by atoms with E-state index in [0.717, 1.165) is 56.9 Å². The number of amides is 1. The number of hydrogen-bond donors (Lipinski definition) is 3. The summed E-state index contributed by atoms with van der Waals surface area (Å²) >= 11 is 0. The fraction of sp³-hybridized carbons (Fsp3) is 0.864. The van der Waals surface area contributed by atoms with Crippen LogP contribution in [-0.4, -0.2) is 76.6 Å². The zero-order valence-corrected chi connectivity index (χ0v) is 35.1. The van der Waals surface area contributed by atoms with Crippen LogP contribution in [0.4, 0.5) is 0 Å². The van der Waals surface area contributed by atoms with Crippen molar-refractivity contribution in [2.24, 2.45) is 56.2 Å². The fourth-order valence-electron chi connectivity index (χ4n) is 13.2. The molecule has 0 aromatic rings. The van der Waals surface area contributed by atoms with Crippen LogP contribution in [0.1, 0.15) is 147 Å². The summed E-state index contributed by atoms with van der Waals surface area (Å²) in [7, 11) is 0. The number of Topliss-reactive ketones (excluding diaryl/α,β-unsaturated/α-hetero) is 1. The molecule has 9 atom stereocenters. The number of fused-ring (bicyclic) bond motifs is 7. The monoisotopic (exact) mass is 741 g/mol. The minimum atomic E-state index is -1.17. The van der Waals surface area contributed by atoms with Gasteiger partial charge in [0.25, 0.3) is 0 Å². The molecule has 0 aromatic carbocycles. The Morgan fingerprint density at radius 2 is 1.58 bits per heavy atom. The number of aliphatic carboxylic acids is 1. The van der Waals surface area contributed by atoms with E-state index in [1.54, 1.807) is 13.8 Å². The van der Waals surface area contributed by atoms with Crippen molar-refractivity contribution in [1.29, 1.82) is 0 Å². The van der Waals surface area contributed by atoms with Crippen LogP contribution in [-0.2, 0) is 23.9 Å². The van der Waals surface area contributed by atoms with E-state index >= 15 is 0 Å². The van der Waals surface area contributed by atoms with Gasteiger partial charge in [-0.05, 0) is 125 Å². The highest BCUT2D eigenvalue weighted by molar-refractivity contribution is 6.00. The lowest BCUT2D eigenvalue weighted by Crippen LogP contribution is -2.66. The summed E-state index contributed by atoms with van der Waals surface area (Å²) in [5.41, 5.74) is 0.309. The Morgan fingerprint density at radius 1 is 0.925 bits per heavy atom. The van der Waals surface area contributed by atoms with Crippen LogP contribution < -0.4 is 5.32 Å². The first-order chi connectivity index (χ1) is 24.4. The van der Waals surface area contributed by atoms with Gasteiger partial charge in [0.2, 0.25) is 5.91 Å². The van der Waals surface area contributed by atoms with E-state index < -0.39 is 28.9 Å². The van der Waals surface area contributed by atoms with E-state index in [4.69, 9.17) is 4.74 Å². The number of carboxylic acids is 1. The molecule has 1 amide bonds. The largest absolute Gasteiger partial charge is 0.481 e. The number of aliphatic hydroxyl groups is 1. The molecule has 5 rings (SSSR count). The molecule has 4 saturated carbocycles. The molecule has 0 heterocycles. The Morgan fingerprint density at radius 3 is 2.17 bits per heavy atom. The van der Waals surface area contributed by atoms with Crippen molar-refractivity contribution in [2.45, 2.75) is 166 Å². The van der Waals surface area contributed by atoms with Crippen molar-refractivity contribution in [2.75, 3.05) is 19.6 Å². The molecule has 9 nitrogen and oxygen atoms in total. The summed E-state index contributed by atoms with van der Waals surface area (Å²) in [4.78, 5) is 52.9. The zero-order valence-electron chi connectivity index (χ0n) is 35.1. The van der Waals surface area contributed by atoms with Gasteiger partial charge in [-0.3, -0.25) is 24.1 Å². The molecular weight excluding hydrogens is 668 g/mol. The second-order valence-electron chi connectivity index (χ2n) is 20.6. The molecule has 53 heavy (non-hydrogen) atoms. The molecule has 5 aliphatic carbocycles. The summed E-state index contributed by atoms with van der Waals surface area (Å²) in [6, 6.07) is 0.183. The summed E-state index contributed by atoms with van der Waals surface area (Å²) in [6.07, 6.45) is 7.00. The minimum Gasteiger partial charge on any atom is -0.481 e. The van der Waals surface area contributed by atoms with Gasteiger partial charge in [-0.1, -0.05) is 54.0 Å². The van der Waals surface area contributed by atoms with Gasteiger partial charge < -0.3 is 20.3 Å². The van der Waals surface area contributed by atoms with E-state index in [2.05, 4.69) is 72.5 Å². The van der Waals surface area contributed by atoms with Crippen molar-refractivity contribution in [1.82, 2.24) is 10.2 Å². The molecule has 3 N–H and O–H groups in total. The number of rotatable bonds is 12. The summed E-state index contributed by atoms with van der Waals surface area (Å²) < 4.78 is 6.17. The topological polar surface area (TPSA) is 133 Å². The first kappa shape index (κ1) is 41.9. The third kappa shape index (κ3) is 6.84. The van der Waals surface area contributed by atoms with Crippen LogP contribution in [0.25, 0.3) is 0 Å². The van der Waals surface area contributed by atoms with Gasteiger partial charge in [-0.2, -0.15) is 0 Å². The number of carbonyl (C=O) groups excluding carboxylic acids is 3. The fourth-order valence-corrected chi connectivity index (χ4v) is 13.2. The average Bonchev–Trinajstić information content (AvgIpc) is 3.35. The minimum absolute atomic E-state index is 0.0342. The Labute approximate surface area is 319 Å². The molecule has 0 bridgehead atoms. The van der Waals surface area contributed by atoms with Crippen LogP contribution in [0.5, 0.6) is 0 Å². The van der Waals surface area contributed by atoms with Crippen LogP contribution in [0.2, 0.25) is 0 Å². The predicted octanol–water partition coefficient (Wildman–Crippen LogP) is 7.59. The summed E-state index contributed by atoms with van der Waals surface area (Å²) in [5, 5.41) is 24.9. The summed E-state index contributed by atoms with van der Waals surface area (Å²) in [6.45, 7) is 27.0. The maximum Gasteiger partial charge on any atom is 0.309 e. The lowest BCUT2D eigenvalue weighted by molar-refractivity contribution is -0.235. The van der Waals surface area contributed by atoms with Crippen LogP contribution >= 0.6 is 0 Å². The van der Waals surface area contributed by atoms with Crippen LogP contribution in [0.3, 0.4) is 0 Å². The zero-order chi connectivity index (χ0) is 39.7. The quantitative estimate of drug-likeness (QED) is 0.175. The molecule has 0 spiro atoms. The maximum absolute atomic E-state index is 14.1. The molecule has 4 fully saturated rings. The highest BCUT2D eigenvalue weighted by Crippen LogP contribution is 2.77. The highest BCUT2D eigenvalue weighted by atomic mass is 16.5. The van der Waals surface area contributed by atoms with Crippen molar-refractivity contribution >= 4 is 23.6 Å². The number of hydrogen-bond acceptors (Lipinski definition) is 7. The summed E-state index contributed by atoms with van der Waals surface area (Å²) in [5.74, 6) is -0.114. The van der Waals surface area contributed by atoms with Gasteiger partial charge in [0.15, 0.2) is 5.78 Å². The maximum atomic E-state index is 14.1. The van der Waals surface area contributed by atoms with Crippen LogP contribution in [0, 0.1) is 56.2 Å². The smallest absolute Gasteiger partial charge is 0.309 e. The number of nitrogens with one attached hydrogen (secondary N) is 1. The number of allylic oxidation sites excluding steroid dienone is 1. The average molecular weight is 741 g/mol. The van der Waals surface area contributed by atoms with Crippen molar-refractivity contribution in [3.05, 3.63) is 11.1 Å². The normalized spacial score (nSPS) is 37.2. The number of ether oxygens (including phenoxy) is 1. The molecule has 0 unspecified atom stereocenters. The Hall–Kier alpha value is -2.26. The van der Waals surface area contributed by atoms with Crippen LogP contribution in [0.15, 0.2) is 11.1 Å². The highest BCUT2D eigenvalue weighted by Gasteiger charge is 2.71. The molecule has 0 aliphatic heterocycles. The SMILES string of the molecule is CC(=O)NCCN(C[C@H](O)[C@@]12CC[C@]3(C)[C@H](CC[C@@H]4[C@@]5(C)CC[C@H](OC(=O)CC(C)(C)C(=O)O)C(C)(C)[C@@H]5CC[C@]43C)C1=C(C(C)C)C(=O)C2)C(C)C. The van der Waals surface area contributed by atoms with Gasteiger partial charge in [0, 0.05) is 49.9 Å². The van der Waals surface area contributed by atoms with Gasteiger partial charge in [0.1, 0.15) is 6.10 Å². The molecule has 9 heteroatoms. The second kappa shape index (κ2) is 14.4. The lowest BCUT2D eigenvalue weighted by atomic mass is 9.33. The van der Waals surface area contributed by atoms with E-state index in [9.17, 15) is 29.4 Å². The molecule has 5 aliphatic rings. The first-order valence-electron chi connectivity index (χ1n) is 20.8. The lowest BCUT2D eigenvalue weighted by Gasteiger charge is -2.72. The van der Waals surface area contributed by atoms with Crippen molar-refractivity contribution in [3.63, 3.8) is 0 Å². The molecule has 0 aromatic heterocycles. The van der Waals surface area contributed by atoms with E-state index in [0.29, 0.717) is 37.9 Å². The second-order valence-corrected chi connectivity index (χ2v) is 20.6. The van der Waals surface area contributed by atoms with Gasteiger partial charge in [0.05, 0.1) is 17.9 Å².